The molecule has 0 radical (unpaired) electrons. The Hall–Kier alpha value is -0.770. The average molecular weight is 227 g/mol. The maximum Gasteiger partial charge on any atom is 0.334 e. The molecule has 0 atom stereocenters. The summed E-state index contributed by atoms with van der Waals surface area (Å²) in [6.45, 7) is 4.67. The van der Waals surface area contributed by atoms with Gasteiger partial charge in [0.2, 0.25) is 0 Å². The molecule has 94 valence electrons. The minimum absolute atomic E-state index is 0.000178. The molecule has 0 aliphatic carbocycles. The fraction of sp³-hybridized carbons (Fsp3) is 0.917. The lowest BCUT2D eigenvalue weighted by Crippen LogP contribution is -2.52. The standard InChI is InChI=1S/C12H25N3O/c1-2-3-4-5-6-7-9-14-10-8-11-15(13)12(14)16/h2-11,13H2,1H3. The average Bonchev–Trinajstić information content (AvgIpc) is 2.29. The molecule has 0 aromatic rings. The maximum absolute atomic E-state index is 11.6. The van der Waals surface area contributed by atoms with E-state index >= 15 is 0 Å². The van der Waals surface area contributed by atoms with Gasteiger partial charge in [-0.2, -0.15) is 0 Å². The second kappa shape index (κ2) is 7.49. The molecule has 1 saturated heterocycles. The van der Waals surface area contributed by atoms with Gasteiger partial charge in [0.25, 0.3) is 0 Å². The highest BCUT2D eigenvalue weighted by molar-refractivity contribution is 5.74. The summed E-state index contributed by atoms with van der Waals surface area (Å²) in [5, 5.41) is 1.33. The van der Waals surface area contributed by atoms with Crippen molar-refractivity contribution in [2.45, 2.75) is 51.9 Å². The number of nitrogens with zero attached hydrogens (tertiary/aromatic N) is 2. The molecule has 0 saturated carbocycles. The zero-order valence-electron chi connectivity index (χ0n) is 10.5. The first kappa shape index (κ1) is 13.3. The summed E-state index contributed by atoms with van der Waals surface area (Å²) >= 11 is 0. The molecule has 4 nitrogen and oxygen atoms in total. The molecule has 1 aliphatic rings. The Kier molecular flexibility index (Phi) is 6.23. The smallest absolute Gasteiger partial charge is 0.323 e. The number of carbonyl (C=O) groups is 1. The highest BCUT2D eigenvalue weighted by atomic mass is 16.2. The summed E-state index contributed by atoms with van der Waals surface area (Å²) in [6.07, 6.45) is 8.58. The van der Waals surface area contributed by atoms with Crippen LogP contribution in [0.25, 0.3) is 0 Å². The highest BCUT2D eigenvalue weighted by Gasteiger charge is 2.22. The van der Waals surface area contributed by atoms with Gasteiger partial charge >= 0.3 is 6.03 Å². The van der Waals surface area contributed by atoms with Crippen LogP contribution in [0.2, 0.25) is 0 Å². The van der Waals surface area contributed by atoms with E-state index in [4.69, 9.17) is 5.84 Å². The van der Waals surface area contributed by atoms with Gasteiger partial charge in [-0.15, -0.1) is 0 Å². The molecule has 1 heterocycles. The molecular formula is C12H25N3O. The zero-order valence-corrected chi connectivity index (χ0v) is 10.5. The summed E-state index contributed by atoms with van der Waals surface area (Å²) in [6, 6.07) is -0.000178. The summed E-state index contributed by atoms with van der Waals surface area (Å²) in [4.78, 5) is 13.5. The van der Waals surface area contributed by atoms with E-state index in [1.807, 2.05) is 4.90 Å². The van der Waals surface area contributed by atoms with E-state index in [-0.39, 0.29) is 6.03 Å². The van der Waals surface area contributed by atoms with E-state index in [0.29, 0.717) is 6.54 Å². The molecule has 16 heavy (non-hydrogen) atoms. The lowest BCUT2D eigenvalue weighted by molar-refractivity contribution is 0.129. The third kappa shape index (κ3) is 4.39. The molecule has 1 aliphatic heterocycles. The Labute approximate surface area is 98.7 Å². The third-order valence-electron chi connectivity index (χ3n) is 3.12. The van der Waals surface area contributed by atoms with Crippen LogP contribution < -0.4 is 5.84 Å². The molecule has 2 amide bonds. The molecule has 0 unspecified atom stereocenters. The predicted molar refractivity (Wildman–Crippen MR) is 65.9 cm³/mol. The van der Waals surface area contributed by atoms with Crippen molar-refractivity contribution in [3.05, 3.63) is 0 Å². The van der Waals surface area contributed by atoms with Crippen LogP contribution in [0.5, 0.6) is 0 Å². The van der Waals surface area contributed by atoms with Crippen molar-refractivity contribution in [2.24, 2.45) is 5.84 Å². The molecule has 0 bridgehead atoms. The topological polar surface area (TPSA) is 49.6 Å². The number of urea groups is 1. The van der Waals surface area contributed by atoms with Crippen LogP contribution >= 0.6 is 0 Å². The van der Waals surface area contributed by atoms with E-state index in [9.17, 15) is 4.79 Å². The normalized spacial score (nSPS) is 17.0. The SMILES string of the molecule is CCCCCCCCN1CCCN(N)C1=O. The Balaban J connectivity index is 2.05. The van der Waals surface area contributed by atoms with Crippen LogP contribution in [-0.2, 0) is 0 Å². The van der Waals surface area contributed by atoms with Crippen LogP contribution in [0.3, 0.4) is 0 Å². The molecule has 0 spiro atoms. The Morgan fingerprint density at radius 2 is 1.81 bits per heavy atom. The lowest BCUT2D eigenvalue weighted by Gasteiger charge is -2.32. The van der Waals surface area contributed by atoms with Crippen molar-refractivity contribution < 1.29 is 4.79 Å². The molecule has 2 N–H and O–H groups in total. The number of unbranched alkanes of at least 4 members (excludes halogenated alkanes) is 5. The van der Waals surface area contributed by atoms with E-state index in [1.54, 1.807) is 0 Å². The van der Waals surface area contributed by atoms with Crippen molar-refractivity contribution in [2.75, 3.05) is 19.6 Å². The first-order chi connectivity index (χ1) is 7.75. The van der Waals surface area contributed by atoms with Gasteiger partial charge in [0.1, 0.15) is 0 Å². The van der Waals surface area contributed by atoms with Crippen molar-refractivity contribution >= 4 is 6.03 Å². The number of amides is 2. The fourth-order valence-corrected chi connectivity index (χ4v) is 2.10. The monoisotopic (exact) mass is 227 g/mol. The summed E-state index contributed by atoms with van der Waals surface area (Å²) in [5.41, 5.74) is 0. The third-order valence-corrected chi connectivity index (χ3v) is 3.12. The minimum atomic E-state index is -0.000178. The molecule has 1 rings (SSSR count). The number of rotatable bonds is 7. The molecule has 0 aromatic heterocycles. The molecule has 0 aromatic carbocycles. The van der Waals surface area contributed by atoms with Gasteiger partial charge in [-0.3, -0.25) is 5.01 Å². The Morgan fingerprint density at radius 3 is 2.56 bits per heavy atom. The van der Waals surface area contributed by atoms with E-state index in [2.05, 4.69) is 6.92 Å². The molecule has 4 heteroatoms. The van der Waals surface area contributed by atoms with Crippen LogP contribution in [0.1, 0.15) is 51.9 Å². The van der Waals surface area contributed by atoms with Crippen molar-refractivity contribution in [1.82, 2.24) is 9.91 Å². The van der Waals surface area contributed by atoms with E-state index in [1.165, 1.54) is 37.1 Å². The van der Waals surface area contributed by atoms with E-state index in [0.717, 1.165) is 25.9 Å². The van der Waals surface area contributed by atoms with Gasteiger partial charge in [-0.1, -0.05) is 39.0 Å². The van der Waals surface area contributed by atoms with Gasteiger partial charge in [0, 0.05) is 19.6 Å². The van der Waals surface area contributed by atoms with Crippen LogP contribution in [-0.4, -0.2) is 35.6 Å². The minimum Gasteiger partial charge on any atom is -0.323 e. The highest BCUT2D eigenvalue weighted by Crippen LogP contribution is 2.09. The number of carbonyl (C=O) groups excluding carboxylic acids is 1. The summed E-state index contributed by atoms with van der Waals surface area (Å²) in [5.74, 6) is 5.58. The fourth-order valence-electron chi connectivity index (χ4n) is 2.10. The van der Waals surface area contributed by atoms with Gasteiger partial charge in [0.15, 0.2) is 0 Å². The second-order valence-corrected chi connectivity index (χ2v) is 4.58. The van der Waals surface area contributed by atoms with Crippen molar-refractivity contribution in [1.29, 1.82) is 0 Å². The van der Waals surface area contributed by atoms with Gasteiger partial charge in [-0.05, 0) is 12.8 Å². The van der Waals surface area contributed by atoms with Crippen LogP contribution in [0.15, 0.2) is 0 Å². The number of hydrogen-bond acceptors (Lipinski definition) is 2. The second-order valence-electron chi connectivity index (χ2n) is 4.58. The summed E-state index contributed by atoms with van der Waals surface area (Å²) in [7, 11) is 0. The number of nitrogens with two attached hydrogens (primary N) is 1. The molecule has 1 fully saturated rings. The first-order valence-electron chi connectivity index (χ1n) is 6.57. The largest absolute Gasteiger partial charge is 0.334 e. The van der Waals surface area contributed by atoms with Gasteiger partial charge < -0.3 is 4.90 Å². The predicted octanol–water partition coefficient (Wildman–Crippen LogP) is 2.35. The lowest BCUT2D eigenvalue weighted by atomic mass is 10.1. The van der Waals surface area contributed by atoms with Crippen LogP contribution in [0, 0.1) is 0 Å². The summed E-state index contributed by atoms with van der Waals surface area (Å²) < 4.78 is 0. The zero-order chi connectivity index (χ0) is 11.8. The van der Waals surface area contributed by atoms with E-state index < -0.39 is 0 Å². The number of hydrazine groups is 1. The maximum atomic E-state index is 11.6. The number of hydrogen-bond donors (Lipinski definition) is 1. The van der Waals surface area contributed by atoms with Crippen molar-refractivity contribution in [3.63, 3.8) is 0 Å². The van der Waals surface area contributed by atoms with Gasteiger partial charge in [0.05, 0.1) is 0 Å². The first-order valence-corrected chi connectivity index (χ1v) is 6.57. The van der Waals surface area contributed by atoms with Gasteiger partial charge in [-0.25, -0.2) is 10.6 Å². The Bertz CT molecular complexity index is 208. The Morgan fingerprint density at radius 1 is 1.12 bits per heavy atom. The van der Waals surface area contributed by atoms with Crippen LogP contribution in [0.4, 0.5) is 4.79 Å². The molecular weight excluding hydrogens is 202 g/mol. The quantitative estimate of drug-likeness (QED) is 0.412. The van der Waals surface area contributed by atoms with Crippen molar-refractivity contribution in [3.8, 4) is 0 Å².